The zero-order chi connectivity index (χ0) is 12.8. The zero-order valence-corrected chi connectivity index (χ0v) is 9.33. The van der Waals surface area contributed by atoms with E-state index in [1.807, 2.05) is 12.1 Å². The van der Waals surface area contributed by atoms with Gasteiger partial charge in [0.2, 0.25) is 0 Å². The Labute approximate surface area is 104 Å². The Morgan fingerprint density at radius 1 is 1.22 bits per heavy atom. The van der Waals surface area contributed by atoms with Gasteiger partial charge in [0.1, 0.15) is 17.5 Å². The number of hydrogen-bond donors (Lipinski definition) is 1. The molecule has 0 aliphatic heterocycles. The average Bonchev–Trinajstić information content (AvgIpc) is 2.40. The van der Waals surface area contributed by atoms with Crippen molar-refractivity contribution < 1.29 is 9.53 Å². The molecule has 1 aromatic heterocycles. The summed E-state index contributed by atoms with van der Waals surface area (Å²) in [6.45, 7) is 0. The standard InChI is InChI=1S/C13H9N3O2/c14-8-10-6-7-11(9-15-10)16-13(17)18-12-4-2-1-3-5-12/h1-7,9H,(H,16,17). The molecule has 0 unspecified atom stereocenters. The zero-order valence-electron chi connectivity index (χ0n) is 9.33. The first-order valence-electron chi connectivity index (χ1n) is 5.18. The topological polar surface area (TPSA) is 75.0 Å². The number of hydrogen-bond acceptors (Lipinski definition) is 4. The van der Waals surface area contributed by atoms with Gasteiger partial charge in [0, 0.05) is 0 Å². The summed E-state index contributed by atoms with van der Waals surface area (Å²) in [7, 11) is 0. The molecule has 2 aromatic rings. The summed E-state index contributed by atoms with van der Waals surface area (Å²) >= 11 is 0. The second-order valence-corrected chi connectivity index (χ2v) is 3.37. The van der Waals surface area contributed by atoms with Crippen LogP contribution in [0.25, 0.3) is 0 Å². The van der Waals surface area contributed by atoms with Gasteiger partial charge >= 0.3 is 6.09 Å². The number of amides is 1. The number of para-hydroxylation sites is 1. The van der Waals surface area contributed by atoms with E-state index in [9.17, 15) is 4.79 Å². The summed E-state index contributed by atoms with van der Waals surface area (Å²) in [5.74, 6) is 0.455. The Balaban J connectivity index is 1.97. The number of nitriles is 1. The molecule has 5 nitrogen and oxygen atoms in total. The molecule has 0 saturated carbocycles. The van der Waals surface area contributed by atoms with Gasteiger partial charge in [-0.15, -0.1) is 0 Å². The fraction of sp³-hybridized carbons (Fsp3) is 0. The quantitative estimate of drug-likeness (QED) is 0.873. The molecule has 0 fully saturated rings. The van der Waals surface area contributed by atoms with Crippen LogP contribution < -0.4 is 10.1 Å². The molecule has 1 aromatic carbocycles. The largest absolute Gasteiger partial charge is 0.417 e. The maximum atomic E-state index is 11.5. The number of aromatic nitrogens is 1. The van der Waals surface area contributed by atoms with Crippen molar-refractivity contribution in [1.82, 2.24) is 4.98 Å². The van der Waals surface area contributed by atoms with Gasteiger partial charge in [0.05, 0.1) is 11.9 Å². The minimum Gasteiger partial charge on any atom is -0.410 e. The Hall–Kier alpha value is -2.87. The van der Waals surface area contributed by atoms with Gasteiger partial charge in [-0.05, 0) is 24.3 Å². The molecular formula is C13H9N3O2. The van der Waals surface area contributed by atoms with Crippen LogP contribution in [0.5, 0.6) is 5.75 Å². The molecule has 1 heterocycles. The van der Waals surface area contributed by atoms with E-state index in [4.69, 9.17) is 10.00 Å². The molecule has 1 N–H and O–H groups in total. The first-order valence-corrected chi connectivity index (χ1v) is 5.18. The third-order valence-corrected chi connectivity index (χ3v) is 2.08. The number of benzene rings is 1. The van der Waals surface area contributed by atoms with E-state index >= 15 is 0 Å². The van der Waals surface area contributed by atoms with Crippen molar-refractivity contribution in [3.8, 4) is 11.8 Å². The summed E-state index contributed by atoms with van der Waals surface area (Å²) < 4.78 is 5.03. The van der Waals surface area contributed by atoms with E-state index in [-0.39, 0.29) is 5.69 Å². The summed E-state index contributed by atoms with van der Waals surface area (Å²) in [5, 5.41) is 11.1. The molecule has 88 valence electrons. The highest BCUT2D eigenvalue weighted by atomic mass is 16.6. The van der Waals surface area contributed by atoms with Crippen molar-refractivity contribution in [3.63, 3.8) is 0 Å². The van der Waals surface area contributed by atoms with Crippen molar-refractivity contribution in [3.05, 3.63) is 54.4 Å². The molecule has 18 heavy (non-hydrogen) atoms. The molecule has 5 heteroatoms. The number of carbonyl (C=O) groups excluding carboxylic acids is 1. The van der Waals surface area contributed by atoms with Crippen LogP contribution in [0.15, 0.2) is 48.7 Å². The maximum absolute atomic E-state index is 11.5. The lowest BCUT2D eigenvalue weighted by atomic mass is 10.3. The minimum absolute atomic E-state index is 0.289. The Morgan fingerprint density at radius 2 is 2.00 bits per heavy atom. The summed E-state index contributed by atoms with van der Waals surface area (Å²) in [6.07, 6.45) is 0.790. The highest BCUT2D eigenvalue weighted by Crippen LogP contribution is 2.11. The Bertz CT molecular complexity index is 573. The van der Waals surface area contributed by atoms with Crippen molar-refractivity contribution in [2.75, 3.05) is 5.32 Å². The molecule has 0 aliphatic carbocycles. The van der Waals surface area contributed by atoms with Gasteiger partial charge in [-0.25, -0.2) is 9.78 Å². The van der Waals surface area contributed by atoms with Gasteiger partial charge in [-0.2, -0.15) is 5.26 Å². The van der Waals surface area contributed by atoms with E-state index in [0.29, 0.717) is 11.4 Å². The van der Waals surface area contributed by atoms with Gasteiger partial charge in [-0.3, -0.25) is 5.32 Å². The lowest BCUT2D eigenvalue weighted by Gasteiger charge is -2.05. The number of ether oxygens (including phenoxy) is 1. The number of rotatable bonds is 2. The van der Waals surface area contributed by atoms with Gasteiger partial charge < -0.3 is 4.74 Å². The van der Waals surface area contributed by atoms with Gasteiger partial charge in [-0.1, -0.05) is 18.2 Å². The van der Waals surface area contributed by atoms with Crippen LogP contribution in [-0.2, 0) is 0 Å². The van der Waals surface area contributed by atoms with E-state index in [1.165, 1.54) is 12.3 Å². The van der Waals surface area contributed by atoms with Crippen molar-refractivity contribution in [2.45, 2.75) is 0 Å². The number of pyridine rings is 1. The van der Waals surface area contributed by atoms with Gasteiger partial charge in [0.15, 0.2) is 0 Å². The predicted molar refractivity (Wildman–Crippen MR) is 65.0 cm³/mol. The Kier molecular flexibility index (Phi) is 3.52. The molecule has 0 atom stereocenters. The number of anilines is 1. The SMILES string of the molecule is N#Cc1ccc(NC(=O)Oc2ccccc2)cn1. The third kappa shape index (κ3) is 3.06. The number of nitrogens with one attached hydrogen (secondary N) is 1. The molecule has 0 radical (unpaired) electrons. The monoisotopic (exact) mass is 239 g/mol. The summed E-state index contributed by atoms with van der Waals surface area (Å²) in [6, 6.07) is 13.7. The van der Waals surface area contributed by atoms with Crippen LogP contribution in [0, 0.1) is 11.3 Å². The molecule has 0 spiro atoms. The molecule has 0 saturated heterocycles. The van der Waals surface area contributed by atoms with Crippen molar-refractivity contribution >= 4 is 11.8 Å². The lowest BCUT2D eigenvalue weighted by molar-refractivity contribution is 0.215. The molecular weight excluding hydrogens is 230 g/mol. The minimum atomic E-state index is -0.604. The fourth-order valence-electron chi connectivity index (χ4n) is 1.27. The Morgan fingerprint density at radius 3 is 2.61 bits per heavy atom. The second-order valence-electron chi connectivity index (χ2n) is 3.37. The van der Waals surface area contributed by atoms with Crippen LogP contribution in [0.4, 0.5) is 10.5 Å². The number of nitrogens with zero attached hydrogens (tertiary/aromatic N) is 2. The highest BCUT2D eigenvalue weighted by Gasteiger charge is 2.04. The average molecular weight is 239 g/mol. The van der Waals surface area contributed by atoms with E-state index in [0.717, 1.165) is 0 Å². The first-order chi connectivity index (χ1) is 8.78. The number of carbonyl (C=O) groups is 1. The van der Waals surface area contributed by atoms with E-state index in [1.54, 1.807) is 30.3 Å². The van der Waals surface area contributed by atoms with Crippen LogP contribution in [0.2, 0.25) is 0 Å². The van der Waals surface area contributed by atoms with Crippen LogP contribution in [0.1, 0.15) is 5.69 Å². The van der Waals surface area contributed by atoms with Crippen molar-refractivity contribution in [1.29, 1.82) is 5.26 Å². The van der Waals surface area contributed by atoms with Gasteiger partial charge in [0.25, 0.3) is 0 Å². The molecule has 1 amide bonds. The second kappa shape index (κ2) is 5.46. The molecule has 2 rings (SSSR count). The normalized spacial score (nSPS) is 9.28. The van der Waals surface area contributed by atoms with E-state index < -0.39 is 6.09 Å². The van der Waals surface area contributed by atoms with E-state index in [2.05, 4.69) is 10.3 Å². The van der Waals surface area contributed by atoms with Crippen LogP contribution >= 0.6 is 0 Å². The highest BCUT2D eigenvalue weighted by molar-refractivity contribution is 5.86. The smallest absolute Gasteiger partial charge is 0.410 e. The van der Waals surface area contributed by atoms with Crippen molar-refractivity contribution in [2.24, 2.45) is 0 Å². The third-order valence-electron chi connectivity index (χ3n) is 2.08. The maximum Gasteiger partial charge on any atom is 0.417 e. The summed E-state index contributed by atoms with van der Waals surface area (Å²) in [4.78, 5) is 15.3. The molecule has 0 bridgehead atoms. The lowest BCUT2D eigenvalue weighted by Crippen LogP contribution is -2.16. The fourth-order valence-corrected chi connectivity index (χ4v) is 1.27. The first kappa shape index (κ1) is 11.6. The van der Waals surface area contributed by atoms with Crippen LogP contribution in [-0.4, -0.2) is 11.1 Å². The predicted octanol–water partition coefficient (Wildman–Crippen LogP) is 2.56. The summed E-state index contributed by atoms with van der Waals surface area (Å²) in [5.41, 5.74) is 0.756. The molecule has 0 aliphatic rings. The van der Waals surface area contributed by atoms with Crippen LogP contribution in [0.3, 0.4) is 0 Å².